The summed E-state index contributed by atoms with van der Waals surface area (Å²) in [6.45, 7) is 3.36. The topological polar surface area (TPSA) is 66.0 Å². The number of fused-ring (bicyclic) bond motifs is 3. The number of rotatable bonds is 3. The number of hydrogen-bond acceptors (Lipinski definition) is 4. The van der Waals surface area contributed by atoms with Gasteiger partial charge in [0.15, 0.2) is 5.82 Å². The van der Waals surface area contributed by atoms with E-state index in [-0.39, 0.29) is 6.03 Å². The number of urea groups is 1. The molecule has 8 heteroatoms. The van der Waals surface area contributed by atoms with Crippen LogP contribution in [0.3, 0.4) is 0 Å². The predicted octanol–water partition coefficient (Wildman–Crippen LogP) is 4.26. The summed E-state index contributed by atoms with van der Waals surface area (Å²) in [6, 6.07) is 13.9. The summed E-state index contributed by atoms with van der Waals surface area (Å²) < 4.78 is 8.49. The van der Waals surface area contributed by atoms with Crippen LogP contribution in [-0.2, 0) is 6.54 Å². The molecular weight excluding hydrogens is 446 g/mol. The van der Waals surface area contributed by atoms with Crippen molar-refractivity contribution in [3.63, 3.8) is 0 Å². The summed E-state index contributed by atoms with van der Waals surface area (Å²) in [6.07, 6.45) is 4.57. The van der Waals surface area contributed by atoms with Gasteiger partial charge in [-0.2, -0.15) is 0 Å². The third kappa shape index (κ3) is 3.63. The van der Waals surface area contributed by atoms with Crippen molar-refractivity contribution in [2.75, 3.05) is 31.1 Å². The average Bonchev–Trinajstić information content (AvgIpc) is 3.39. The monoisotopic (exact) mass is 467 g/mol. The fraction of sp³-hybridized carbons (Fsp3) is 0.273. The van der Waals surface area contributed by atoms with Crippen molar-refractivity contribution in [1.82, 2.24) is 19.6 Å². The highest BCUT2D eigenvalue weighted by atomic mass is 79.9. The SMILES string of the molecule is O=C(NCc1ccco1)N1CCCN(c2nc3cc(Br)ccc3n3cccc23)CC1. The Balaban J connectivity index is 1.36. The van der Waals surface area contributed by atoms with Crippen LogP contribution in [0.1, 0.15) is 12.2 Å². The molecule has 30 heavy (non-hydrogen) atoms. The van der Waals surface area contributed by atoms with Crippen LogP contribution in [0.4, 0.5) is 10.6 Å². The first-order chi connectivity index (χ1) is 14.7. The highest BCUT2D eigenvalue weighted by Crippen LogP contribution is 2.28. The lowest BCUT2D eigenvalue weighted by atomic mass is 10.3. The second-order valence-corrected chi connectivity index (χ2v) is 8.31. The van der Waals surface area contributed by atoms with Gasteiger partial charge in [-0.3, -0.25) is 0 Å². The second kappa shape index (κ2) is 8.02. The van der Waals surface area contributed by atoms with Crippen molar-refractivity contribution in [3.8, 4) is 0 Å². The molecular formula is C22H22BrN5O2. The van der Waals surface area contributed by atoms with Crippen LogP contribution in [0.2, 0.25) is 0 Å². The number of benzene rings is 1. The Morgan fingerprint density at radius 2 is 2.03 bits per heavy atom. The lowest BCUT2D eigenvalue weighted by Crippen LogP contribution is -2.41. The van der Waals surface area contributed by atoms with Crippen molar-refractivity contribution < 1.29 is 9.21 Å². The van der Waals surface area contributed by atoms with Gasteiger partial charge < -0.3 is 23.9 Å². The summed E-state index contributed by atoms with van der Waals surface area (Å²) in [5.41, 5.74) is 3.11. The van der Waals surface area contributed by atoms with Gasteiger partial charge in [0.1, 0.15) is 5.76 Å². The van der Waals surface area contributed by atoms with E-state index < -0.39 is 0 Å². The van der Waals surface area contributed by atoms with Gasteiger partial charge in [0.05, 0.1) is 29.4 Å². The number of amides is 2. The van der Waals surface area contributed by atoms with Gasteiger partial charge in [-0.05, 0) is 48.9 Å². The molecule has 0 saturated carbocycles. The molecule has 1 aromatic carbocycles. The number of aromatic nitrogens is 2. The van der Waals surface area contributed by atoms with Gasteiger partial charge in [0, 0.05) is 36.8 Å². The van der Waals surface area contributed by atoms with Gasteiger partial charge in [-0.1, -0.05) is 15.9 Å². The van der Waals surface area contributed by atoms with Crippen LogP contribution in [0, 0.1) is 0 Å². The van der Waals surface area contributed by atoms with Crippen LogP contribution in [0.5, 0.6) is 0 Å². The molecule has 0 spiro atoms. The third-order valence-corrected chi connectivity index (χ3v) is 5.97. The number of furan rings is 1. The molecule has 7 nitrogen and oxygen atoms in total. The van der Waals surface area contributed by atoms with Crippen molar-refractivity contribution in [2.45, 2.75) is 13.0 Å². The van der Waals surface area contributed by atoms with E-state index >= 15 is 0 Å². The maximum Gasteiger partial charge on any atom is 0.317 e. The summed E-state index contributed by atoms with van der Waals surface area (Å²) in [7, 11) is 0. The molecule has 1 aliphatic rings. The zero-order valence-electron chi connectivity index (χ0n) is 16.4. The van der Waals surface area contributed by atoms with Gasteiger partial charge in [-0.25, -0.2) is 9.78 Å². The summed E-state index contributed by atoms with van der Waals surface area (Å²) >= 11 is 3.55. The average molecular weight is 468 g/mol. The zero-order valence-corrected chi connectivity index (χ0v) is 18.0. The van der Waals surface area contributed by atoms with Crippen molar-refractivity contribution >= 4 is 44.3 Å². The van der Waals surface area contributed by atoms with Gasteiger partial charge in [-0.15, -0.1) is 0 Å². The maximum atomic E-state index is 12.6. The van der Waals surface area contributed by atoms with Crippen molar-refractivity contribution in [1.29, 1.82) is 0 Å². The first-order valence-corrected chi connectivity index (χ1v) is 10.8. The third-order valence-electron chi connectivity index (χ3n) is 5.48. The fourth-order valence-corrected chi connectivity index (χ4v) is 4.34. The first kappa shape index (κ1) is 19.0. The van der Waals surface area contributed by atoms with Gasteiger partial charge in [0.25, 0.3) is 0 Å². The predicted molar refractivity (Wildman–Crippen MR) is 120 cm³/mol. The Hall–Kier alpha value is -3.00. The van der Waals surface area contributed by atoms with Crippen molar-refractivity contribution in [2.24, 2.45) is 0 Å². The number of hydrogen-bond donors (Lipinski definition) is 1. The van der Waals surface area contributed by atoms with Gasteiger partial charge >= 0.3 is 6.03 Å². The largest absolute Gasteiger partial charge is 0.467 e. The molecule has 1 aliphatic heterocycles. The summed E-state index contributed by atoms with van der Waals surface area (Å²) in [5, 5.41) is 2.94. The molecule has 2 amide bonds. The molecule has 4 aromatic rings. The van der Waals surface area contributed by atoms with E-state index in [0.29, 0.717) is 13.1 Å². The van der Waals surface area contributed by atoms with E-state index in [0.717, 1.165) is 58.7 Å². The first-order valence-electron chi connectivity index (χ1n) is 10.1. The van der Waals surface area contributed by atoms with Gasteiger partial charge in [0.2, 0.25) is 0 Å². The molecule has 4 heterocycles. The summed E-state index contributed by atoms with van der Waals surface area (Å²) in [5.74, 6) is 1.71. The minimum Gasteiger partial charge on any atom is -0.467 e. The Kier molecular flexibility index (Phi) is 5.08. The normalized spacial score (nSPS) is 15.0. The second-order valence-electron chi connectivity index (χ2n) is 7.40. The molecule has 1 fully saturated rings. The molecule has 1 N–H and O–H groups in total. The van der Waals surface area contributed by atoms with Crippen LogP contribution in [0.15, 0.2) is 63.8 Å². The highest BCUT2D eigenvalue weighted by molar-refractivity contribution is 9.10. The number of halogens is 1. The molecule has 3 aromatic heterocycles. The Morgan fingerprint density at radius 1 is 1.10 bits per heavy atom. The van der Waals surface area contributed by atoms with E-state index in [2.05, 4.69) is 48.9 Å². The highest BCUT2D eigenvalue weighted by Gasteiger charge is 2.22. The fourth-order valence-electron chi connectivity index (χ4n) is 3.99. The Morgan fingerprint density at radius 3 is 2.90 bits per heavy atom. The zero-order chi connectivity index (χ0) is 20.5. The lowest BCUT2D eigenvalue weighted by Gasteiger charge is -2.24. The molecule has 0 bridgehead atoms. The summed E-state index contributed by atoms with van der Waals surface area (Å²) in [4.78, 5) is 21.7. The van der Waals surface area contributed by atoms with Crippen LogP contribution < -0.4 is 10.2 Å². The van der Waals surface area contributed by atoms with E-state index in [1.807, 2.05) is 35.2 Å². The molecule has 154 valence electrons. The number of nitrogens with zero attached hydrogens (tertiary/aromatic N) is 4. The van der Waals surface area contributed by atoms with Crippen molar-refractivity contribution in [3.05, 3.63) is 65.2 Å². The number of nitrogens with one attached hydrogen (secondary N) is 1. The van der Waals surface area contributed by atoms with E-state index in [4.69, 9.17) is 9.40 Å². The Bertz CT molecular complexity index is 1190. The molecule has 1 saturated heterocycles. The van der Waals surface area contributed by atoms with E-state index in [1.165, 1.54) is 0 Å². The van der Waals surface area contributed by atoms with Crippen LogP contribution in [0.25, 0.3) is 16.6 Å². The number of anilines is 1. The minimum absolute atomic E-state index is 0.0588. The maximum absolute atomic E-state index is 12.6. The quantitative estimate of drug-likeness (QED) is 0.488. The number of carbonyl (C=O) groups is 1. The Labute approximate surface area is 182 Å². The lowest BCUT2D eigenvalue weighted by molar-refractivity contribution is 0.200. The van der Waals surface area contributed by atoms with E-state index in [1.54, 1.807) is 6.26 Å². The minimum atomic E-state index is -0.0588. The smallest absolute Gasteiger partial charge is 0.317 e. The molecule has 0 radical (unpaired) electrons. The molecule has 5 rings (SSSR count). The molecule has 0 aliphatic carbocycles. The molecule has 0 atom stereocenters. The van der Waals surface area contributed by atoms with Crippen LogP contribution >= 0.6 is 15.9 Å². The number of carbonyl (C=O) groups excluding carboxylic acids is 1. The van der Waals surface area contributed by atoms with Crippen LogP contribution in [-0.4, -0.2) is 46.5 Å². The molecule has 0 unspecified atom stereocenters. The standard InChI is InChI=1S/C22H22BrN5O2/c23-16-6-7-19-18(14-16)25-21(20-5-1-10-28(19)20)26-8-3-9-27(12-11-26)22(29)24-15-17-4-2-13-30-17/h1-2,4-7,10,13-14H,3,8-9,11-12,15H2,(H,24,29). The van der Waals surface area contributed by atoms with E-state index in [9.17, 15) is 4.79 Å².